The molecule has 0 bridgehead atoms. The summed E-state index contributed by atoms with van der Waals surface area (Å²) in [6.45, 7) is 2.41. The predicted octanol–water partition coefficient (Wildman–Crippen LogP) is 3.23. The summed E-state index contributed by atoms with van der Waals surface area (Å²) >= 11 is 0. The first-order chi connectivity index (χ1) is 10.9. The molecule has 1 aliphatic rings. The van der Waals surface area contributed by atoms with Gasteiger partial charge < -0.3 is 9.15 Å². The van der Waals surface area contributed by atoms with E-state index in [0.29, 0.717) is 23.3 Å². The van der Waals surface area contributed by atoms with Gasteiger partial charge in [0, 0.05) is 13.0 Å². The molecule has 1 aliphatic carbocycles. The number of benzene rings is 1. The molecule has 0 radical (unpaired) electrons. The van der Waals surface area contributed by atoms with Crippen molar-refractivity contribution in [3.63, 3.8) is 0 Å². The molecule has 0 N–H and O–H groups in total. The second-order valence-electron chi connectivity index (χ2n) is 6.06. The summed E-state index contributed by atoms with van der Waals surface area (Å²) in [5.74, 6) is 3.41. The number of nitrogens with zero attached hydrogens (tertiary/aromatic N) is 1. The Bertz CT molecular complexity index is 779. The maximum atomic E-state index is 12.6. The molecular weight excluding hydrogens is 314 g/mol. The zero-order chi connectivity index (χ0) is 16.6. The van der Waals surface area contributed by atoms with Crippen LogP contribution in [0.2, 0.25) is 0 Å². The molecule has 0 aliphatic heterocycles. The number of hydrogen-bond acceptors (Lipinski definition) is 4. The quantitative estimate of drug-likeness (QED) is 0.813. The Morgan fingerprint density at radius 2 is 1.87 bits per heavy atom. The Labute approximate surface area is 136 Å². The molecule has 23 heavy (non-hydrogen) atoms. The summed E-state index contributed by atoms with van der Waals surface area (Å²) in [5, 5.41) is 0. The molecule has 1 saturated carbocycles. The van der Waals surface area contributed by atoms with Gasteiger partial charge in [0.05, 0.1) is 18.6 Å². The Hall–Kier alpha value is -1.79. The summed E-state index contributed by atoms with van der Waals surface area (Å²) in [4.78, 5) is 0.239. The van der Waals surface area contributed by atoms with Crippen LogP contribution in [0.25, 0.3) is 0 Å². The van der Waals surface area contributed by atoms with Crippen molar-refractivity contribution < 1.29 is 17.6 Å². The third kappa shape index (κ3) is 3.28. The molecule has 2 aromatic rings. The maximum absolute atomic E-state index is 12.6. The van der Waals surface area contributed by atoms with Gasteiger partial charge in [-0.2, -0.15) is 4.31 Å². The van der Waals surface area contributed by atoms with E-state index in [2.05, 4.69) is 6.92 Å². The highest BCUT2D eigenvalue weighted by Gasteiger charge is 2.36. The first-order valence-electron chi connectivity index (χ1n) is 7.61. The van der Waals surface area contributed by atoms with Crippen LogP contribution in [0, 0.1) is 5.92 Å². The fraction of sp³-hybridized carbons (Fsp3) is 0.412. The van der Waals surface area contributed by atoms with Crippen molar-refractivity contribution in [1.29, 1.82) is 0 Å². The summed E-state index contributed by atoms with van der Waals surface area (Å²) in [7, 11) is -0.447. The van der Waals surface area contributed by atoms with Crippen molar-refractivity contribution in [2.75, 3.05) is 14.2 Å². The highest BCUT2D eigenvalue weighted by Crippen LogP contribution is 2.47. The lowest BCUT2D eigenvalue weighted by atomic mass is 10.3. The van der Waals surface area contributed by atoms with E-state index in [1.54, 1.807) is 38.4 Å². The Morgan fingerprint density at radius 3 is 2.43 bits per heavy atom. The monoisotopic (exact) mass is 335 g/mol. The van der Waals surface area contributed by atoms with Crippen LogP contribution in [0.5, 0.6) is 5.75 Å². The van der Waals surface area contributed by atoms with Gasteiger partial charge >= 0.3 is 0 Å². The van der Waals surface area contributed by atoms with Gasteiger partial charge in [-0.05, 0) is 48.7 Å². The summed E-state index contributed by atoms with van der Waals surface area (Å²) in [6, 6.07) is 10.2. The largest absolute Gasteiger partial charge is 0.497 e. The van der Waals surface area contributed by atoms with E-state index in [1.807, 2.05) is 12.1 Å². The standard InChI is InChI=1S/C17H21NO4S/c1-12-10-16(12)17-9-6-14(22-17)11-18(2)23(19,20)15-7-4-13(21-3)5-8-15/h4-9,12,16H,10-11H2,1-3H3/t12-,16+/m0/s1. The molecule has 6 heteroatoms. The van der Waals surface area contributed by atoms with Gasteiger partial charge in [-0.1, -0.05) is 6.92 Å². The van der Waals surface area contributed by atoms with E-state index in [4.69, 9.17) is 9.15 Å². The van der Waals surface area contributed by atoms with Crippen LogP contribution >= 0.6 is 0 Å². The fourth-order valence-corrected chi connectivity index (χ4v) is 3.77. The molecule has 0 unspecified atom stereocenters. The lowest BCUT2D eigenvalue weighted by Gasteiger charge is -2.16. The van der Waals surface area contributed by atoms with Crippen LogP contribution < -0.4 is 4.74 Å². The number of hydrogen-bond donors (Lipinski definition) is 0. The lowest BCUT2D eigenvalue weighted by molar-refractivity contribution is 0.389. The van der Waals surface area contributed by atoms with Crippen LogP contribution in [-0.2, 0) is 16.6 Å². The molecule has 5 nitrogen and oxygen atoms in total. The van der Waals surface area contributed by atoms with Crippen LogP contribution in [0.4, 0.5) is 0 Å². The van der Waals surface area contributed by atoms with Gasteiger partial charge in [0.25, 0.3) is 0 Å². The summed E-state index contributed by atoms with van der Waals surface area (Å²) < 4.78 is 37.3. The number of rotatable bonds is 6. The van der Waals surface area contributed by atoms with Crippen molar-refractivity contribution in [2.24, 2.45) is 5.92 Å². The van der Waals surface area contributed by atoms with Crippen LogP contribution in [0.1, 0.15) is 30.8 Å². The molecule has 1 aromatic carbocycles. The van der Waals surface area contributed by atoms with Crippen molar-refractivity contribution >= 4 is 10.0 Å². The van der Waals surface area contributed by atoms with E-state index in [9.17, 15) is 8.42 Å². The van der Waals surface area contributed by atoms with Gasteiger partial charge in [-0.3, -0.25) is 0 Å². The first kappa shape index (κ1) is 16.1. The predicted molar refractivity (Wildman–Crippen MR) is 86.9 cm³/mol. The minimum atomic E-state index is -3.55. The first-order valence-corrected chi connectivity index (χ1v) is 9.05. The third-order valence-electron chi connectivity index (χ3n) is 4.30. The molecule has 0 amide bonds. The Balaban J connectivity index is 1.72. The number of methoxy groups -OCH3 is 1. The fourth-order valence-electron chi connectivity index (χ4n) is 2.63. The molecule has 1 fully saturated rings. The highest BCUT2D eigenvalue weighted by molar-refractivity contribution is 7.89. The highest BCUT2D eigenvalue weighted by atomic mass is 32.2. The van der Waals surface area contributed by atoms with E-state index in [1.165, 1.54) is 4.31 Å². The molecular formula is C17H21NO4S. The van der Waals surface area contributed by atoms with E-state index >= 15 is 0 Å². The molecule has 1 heterocycles. The maximum Gasteiger partial charge on any atom is 0.243 e. The second kappa shape index (κ2) is 6.02. The van der Waals surface area contributed by atoms with Crippen LogP contribution in [0.15, 0.2) is 45.7 Å². The average Bonchev–Trinajstić information content (AvgIpc) is 3.09. The van der Waals surface area contributed by atoms with Gasteiger partial charge in [0.1, 0.15) is 17.3 Å². The zero-order valence-electron chi connectivity index (χ0n) is 13.5. The van der Waals surface area contributed by atoms with E-state index in [-0.39, 0.29) is 11.4 Å². The minimum Gasteiger partial charge on any atom is -0.497 e. The van der Waals surface area contributed by atoms with Crippen molar-refractivity contribution in [2.45, 2.75) is 30.7 Å². The molecule has 2 atom stereocenters. The van der Waals surface area contributed by atoms with Gasteiger partial charge in [-0.15, -0.1) is 0 Å². The molecule has 0 saturated heterocycles. The molecule has 3 rings (SSSR count). The number of sulfonamides is 1. The Morgan fingerprint density at radius 1 is 1.22 bits per heavy atom. The average molecular weight is 335 g/mol. The third-order valence-corrected chi connectivity index (χ3v) is 6.12. The van der Waals surface area contributed by atoms with Crippen molar-refractivity contribution in [3.05, 3.63) is 47.9 Å². The SMILES string of the molecule is COc1ccc(S(=O)(=O)N(C)Cc2ccc([C@@H]3C[C@@H]3C)o2)cc1. The minimum absolute atomic E-state index is 0.218. The normalized spacial score (nSPS) is 20.7. The van der Waals surface area contributed by atoms with Crippen molar-refractivity contribution in [3.8, 4) is 5.75 Å². The molecule has 0 spiro atoms. The zero-order valence-corrected chi connectivity index (χ0v) is 14.3. The summed E-state index contributed by atoms with van der Waals surface area (Å²) in [5.41, 5.74) is 0. The molecule has 124 valence electrons. The van der Waals surface area contributed by atoms with Gasteiger partial charge in [0.15, 0.2) is 0 Å². The van der Waals surface area contributed by atoms with Gasteiger partial charge in [-0.25, -0.2) is 8.42 Å². The van der Waals surface area contributed by atoms with Crippen LogP contribution in [-0.4, -0.2) is 26.9 Å². The van der Waals surface area contributed by atoms with E-state index in [0.717, 1.165) is 12.2 Å². The lowest BCUT2D eigenvalue weighted by Crippen LogP contribution is -2.26. The smallest absolute Gasteiger partial charge is 0.243 e. The second-order valence-corrected chi connectivity index (χ2v) is 8.11. The topological polar surface area (TPSA) is 59.8 Å². The summed E-state index contributed by atoms with van der Waals surface area (Å²) in [6.07, 6.45) is 1.15. The number of ether oxygens (including phenoxy) is 1. The van der Waals surface area contributed by atoms with E-state index < -0.39 is 10.0 Å². The van der Waals surface area contributed by atoms with Crippen molar-refractivity contribution in [1.82, 2.24) is 4.31 Å². The Kier molecular flexibility index (Phi) is 4.21. The molecule has 1 aromatic heterocycles. The number of furan rings is 1. The van der Waals surface area contributed by atoms with Crippen LogP contribution in [0.3, 0.4) is 0 Å². The van der Waals surface area contributed by atoms with Gasteiger partial charge in [0.2, 0.25) is 10.0 Å².